The monoisotopic (exact) mass is 265 g/mol. The molecule has 1 heterocycles. The van der Waals surface area contributed by atoms with Crippen LogP contribution in [0, 0.1) is 0 Å². The average molecular weight is 265 g/mol. The summed E-state index contributed by atoms with van der Waals surface area (Å²) in [5.74, 6) is -0.875. The summed E-state index contributed by atoms with van der Waals surface area (Å²) in [6, 6.07) is 17.8. The lowest BCUT2D eigenvalue weighted by Crippen LogP contribution is -2.00. The molecular formula is C17H15NO2. The molecule has 2 aromatic carbocycles. The first-order valence-electron chi connectivity index (χ1n) is 6.61. The zero-order valence-corrected chi connectivity index (χ0v) is 11.0. The summed E-state index contributed by atoms with van der Waals surface area (Å²) in [6.45, 7) is 0.776. The third kappa shape index (κ3) is 2.30. The Hall–Kier alpha value is -2.55. The number of nitrogens with zero attached hydrogens (tertiary/aromatic N) is 1. The lowest BCUT2D eigenvalue weighted by molar-refractivity contribution is 0.0699. The largest absolute Gasteiger partial charge is 0.478 e. The number of rotatable bonds is 4. The number of hydrogen-bond donors (Lipinski definition) is 1. The molecule has 3 heteroatoms. The van der Waals surface area contributed by atoms with Gasteiger partial charge in [0.05, 0.1) is 5.56 Å². The van der Waals surface area contributed by atoms with E-state index in [1.807, 2.05) is 47.0 Å². The standard InChI is InChI=1S/C17H15NO2/c19-17(20)15-12-18(16-9-5-4-8-14(15)16)11-10-13-6-2-1-3-7-13/h1-9,12H,10-11H2,(H,19,20). The minimum absolute atomic E-state index is 0.369. The number of aryl methyl sites for hydroxylation is 2. The Bertz CT molecular complexity index is 744. The maximum absolute atomic E-state index is 11.3. The third-order valence-corrected chi connectivity index (χ3v) is 3.50. The van der Waals surface area contributed by atoms with Crippen LogP contribution in [0.15, 0.2) is 60.8 Å². The van der Waals surface area contributed by atoms with Gasteiger partial charge in [-0.2, -0.15) is 0 Å². The number of benzene rings is 2. The maximum atomic E-state index is 11.3. The van der Waals surface area contributed by atoms with Gasteiger partial charge in [0.2, 0.25) is 0 Å². The van der Waals surface area contributed by atoms with Gasteiger partial charge in [0, 0.05) is 23.6 Å². The second-order valence-electron chi connectivity index (χ2n) is 4.79. The van der Waals surface area contributed by atoms with Crippen molar-refractivity contribution in [2.24, 2.45) is 0 Å². The Morgan fingerprint density at radius 3 is 2.45 bits per heavy atom. The van der Waals surface area contributed by atoms with Crippen LogP contribution in [0.1, 0.15) is 15.9 Å². The average Bonchev–Trinajstić information content (AvgIpc) is 2.85. The molecule has 0 saturated carbocycles. The number of hydrogen-bond acceptors (Lipinski definition) is 1. The molecule has 0 saturated heterocycles. The van der Waals surface area contributed by atoms with Crippen molar-refractivity contribution < 1.29 is 9.90 Å². The van der Waals surface area contributed by atoms with Crippen molar-refractivity contribution in [2.45, 2.75) is 13.0 Å². The van der Waals surface area contributed by atoms with Gasteiger partial charge in [-0.3, -0.25) is 0 Å². The molecule has 0 atom stereocenters. The van der Waals surface area contributed by atoms with E-state index in [2.05, 4.69) is 12.1 Å². The predicted octanol–water partition coefficient (Wildman–Crippen LogP) is 3.58. The third-order valence-electron chi connectivity index (χ3n) is 3.50. The zero-order valence-electron chi connectivity index (χ0n) is 11.0. The summed E-state index contributed by atoms with van der Waals surface area (Å²) in [7, 11) is 0. The smallest absolute Gasteiger partial charge is 0.337 e. The van der Waals surface area contributed by atoms with E-state index < -0.39 is 5.97 Å². The number of fused-ring (bicyclic) bond motifs is 1. The van der Waals surface area contributed by atoms with Gasteiger partial charge in [-0.05, 0) is 18.1 Å². The molecule has 0 fully saturated rings. The van der Waals surface area contributed by atoms with Crippen LogP contribution in [0.25, 0.3) is 10.9 Å². The van der Waals surface area contributed by atoms with Crippen LogP contribution in [-0.2, 0) is 13.0 Å². The molecule has 0 spiro atoms. The number of carbonyl (C=O) groups is 1. The quantitative estimate of drug-likeness (QED) is 0.783. The van der Waals surface area contributed by atoms with Gasteiger partial charge < -0.3 is 9.67 Å². The van der Waals surface area contributed by atoms with E-state index in [9.17, 15) is 9.90 Å². The molecule has 3 aromatic rings. The van der Waals surface area contributed by atoms with Gasteiger partial charge in [-0.1, -0.05) is 48.5 Å². The lowest BCUT2D eigenvalue weighted by Gasteiger charge is -2.05. The Balaban J connectivity index is 1.94. The highest BCUT2D eigenvalue weighted by Gasteiger charge is 2.13. The van der Waals surface area contributed by atoms with Crippen LogP contribution in [0.4, 0.5) is 0 Å². The molecule has 1 N–H and O–H groups in total. The van der Waals surface area contributed by atoms with Crippen LogP contribution in [0.5, 0.6) is 0 Å². The first-order chi connectivity index (χ1) is 9.75. The maximum Gasteiger partial charge on any atom is 0.337 e. The summed E-state index contributed by atoms with van der Waals surface area (Å²) < 4.78 is 2.02. The summed E-state index contributed by atoms with van der Waals surface area (Å²) >= 11 is 0. The van der Waals surface area contributed by atoms with Gasteiger partial charge in [0.25, 0.3) is 0 Å². The van der Waals surface area contributed by atoms with Crippen molar-refractivity contribution in [3.63, 3.8) is 0 Å². The molecule has 0 radical (unpaired) electrons. The molecule has 100 valence electrons. The van der Waals surface area contributed by atoms with Gasteiger partial charge in [-0.15, -0.1) is 0 Å². The number of aromatic carboxylic acids is 1. The number of carboxylic acids is 1. The van der Waals surface area contributed by atoms with Gasteiger partial charge >= 0.3 is 5.97 Å². The van der Waals surface area contributed by atoms with Crippen LogP contribution < -0.4 is 0 Å². The summed E-state index contributed by atoms with van der Waals surface area (Å²) in [5, 5.41) is 10.1. The van der Waals surface area contributed by atoms with E-state index in [-0.39, 0.29) is 0 Å². The van der Waals surface area contributed by atoms with Gasteiger partial charge in [0.15, 0.2) is 0 Å². The van der Waals surface area contributed by atoms with Crippen LogP contribution in [-0.4, -0.2) is 15.6 Å². The number of carboxylic acid groups (broad SMARTS) is 1. The molecule has 0 bridgehead atoms. The second-order valence-corrected chi connectivity index (χ2v) is 4.79. The molecule has 1 aromatic heterocycles. The Morgan fingerprint density at radius 1 is 1.00 bits per heavy atom. The summed E-state index contributed by atoms with van der Waals surface area (Å²) in [6.07, 6.45) is 2.62. The fraction of sp³-hybridized carbons (Fsp3) is 0.118. The SMILES string of the molecule is O=C(O)c1cn(CCc2ccccc2)c2ccccc12. The highest BCUT2D eigenvalue weighted by molar-refractivity contribution is 6.03. The number of para-hydroxylation sites is 1. The van der Waals surface area contributed by atoms with Gasteiger partial charge in [0.1, 0.15) is 0 Å². The van der Waals surface area contributed by atoms with E-state index in [1.54, 1.807) is 6.20 Å². The highest BCUT2D eigenvalue weighted by atomic mass is 16.4. The minimum atomic E-state index is -0.875. The topological polar surface area (TPSA) is 42.2 Å². The molecule has 3 rings (SSSR count). The Labute approximate surface area is 117 Å². The van der Waals surface area contributed by atoms with E-state index in [0.717, 1.165) is 23.9 Å². The summed E-state index contributed by atoms with van der Waals surface area (Å²) in [4.78, 5) is 11.3. The van der Waals surface area contributed by atoms with Crippen molar-refractivity contribution in [3.8, 4) is 0 Å². The fourth-order valence-electron chi connectivity index (χ4n) is 2.50. The first-order valence-corrected chi connectivity index (χ1v) is 6.61. The van der Waals surface area contributed by atoms with E-state index in [0.29, 0.717) is 5.56 Å². The van der Waals surface area contributed by atoms with Crippen LogP contribution in [0.3, 0.4) is 0 Å². The predicted molar refractivity (Wildman–Crippen MR) is 79.0 cm³/mol. The van der Waals surface area contributed by atoms with Crippen molar-refractivity contribution in [2.75, 3.05) is 0 Å². The molecule has 0 amide bonds. The molecule has 3 nitrogen and oxygen atoms in total. The molecule has 0 aliphatic carbocycles. The second kappa shape index (κ2) is 5.21. The molecule has 0 aliphatic rings. The van der Waals surface area contributed by atoms with Crippen molar-refractivity contribution >= 4 is 16.9 Å². The summed E-state index contributed by atoms with van der Waals surface area (Å²) in [5.41, 5.74) is 2.59. The zero-order chi connectivity index (χ0) is 13.9. The fourth-order valence-corrected chi connectivity index (χ4v) is 2.50. The molecule has 0 unspecified atom stereocenters. The lowest BCUT2D eigenvalue weighted by atomic mass is 10.1. The van der Waals surface area contributed by atoms with Crippen LogP contribution >= 0.6 is 0 Å². The minimum Gasteiger partial charge on any atom is -0.478 e. The normalized spacial score (nSPS) is 10.8. The highest BCUT2D eigenvalue weighted by Crippen LogP contribution is 2.21. The number of aromatic nitrogens is 1. The Morgan fingerprint density at radius 2 is 1.70 bits per heavy atom. The molecule has 0 aliphatic heterocycles. The molecular weight excluding hydrogens is 250 g/mol. The van der Waals surface area contributed by atoms with Gasteiger partial charge in [-0.25, -0.2) is 4.79 Å². The van der Waals surface area contributed by atoms with Crippen molar-refractivity contribution in [1.29, 1.82) is 0 Å². The van der Waals surface area contributed by atoms with E-state index >= 15 is 0 Å². The Kier molecular flexibility index (Phi) is 3.25. The van der Waals surface area contributed by atoms with Crippen LogP contribution in [0.2, 0.25) is 0 Å². The van der Waals surface area contributed by atoms with Crippen molar-refractivity contribution in [1.82, 2.24) is 4.57 Å². The van der Waals surface area contributed by atoms with E-state index in [1.165, 1.54) is 5.56 Å². The first kappa shape index (κ1) is 12.5. The molecule has 20 heavy (non-hydrogen) atoms. The van der Waals surface area contributed by atoms with E-state index in [4.69, 9.17) is 0 Å². The van der Waals surface area contributed by atoms with Crippen molar-refractivity contribution in [3.05, 3.63) is 71.9 Å².